The van der Waals surface area contributed by atoms with E-state index in [0.29, 0.717) is 11.3 Å². The van der Waals surface area contributed by atoms with Crippen molar-refractivity contribution < 1.29 is 28.9 Å². The van der Waals surface area contributed by atoms with Crippen LogP contribution in [0.4, 0.5) is 5.13 Å². The molecular weight excluding hydrogens is 398 g/mol. The lowest BCUT2D eigenvalue weighted by Crippen LogP contribution is -2.44. The molecule has 2 aliphatic rings. The summed E-state index contributed by atoms with van der Waals surface area (Å²) in [5.41, 5.74) is 1.79. The number of hydrogen-bond donors (Lipinski definition) is 1. The van der Waals surface area contributed by atoms with Crippen molar-refractivity contribution in [1.82, 2.24) is 10.2 Å². The molecule has 0 radical (unpaired) electrons. The fraction of sp³-hybridized carbons (Fsp3) is 0.368. The molecule has 10 heteroatoms. The molecule has 0 spiro atoms. The van der Waals surface area contributed by atoms with Crippen molar-refractivity contribution >= 4 is 33.9 Å². The summed E-state index contributed by atoms with van der Waals surface area (Å²) >= 11 is 1.12. The van der Waals surface area contributed by atoms with Crippen LogP contribution in [0.5, 0.6) is 5.75 Å². The number of anilines is 1. The van der Waals surface area contributed by atoms with Gasteiger partial charge in [-0.2, -0.15) is 0 Å². The van der Waals surface area contributed by atoms with E-state index in [1.165, 1.54) is 17.5 Å². The Bertz CT molecular complexity index is 970. The molecule has 2 saturated heterocycles. The molecule has 1 aromatic heterocycles. The van der Waals surface area contributed by atoms with Crippen LogP contribution in [0, 0.1) is 0 Å². The monoisotopic (exact) mass is 417 g/mol. The van der Waals surface area contributed by atoms with Gasteiger partial charge in [-0.15, -0.1) is 10.2 Å². The van der Waals surface area contributed by atoms with Gasteiger partial charge in [0.1, 0.15) is 29.2 Å². The van der Waals surface area contributed by atoms with Crippen molar-refractivity contribution in [1.29, 1.82) is 0 Å². The van der Waals surface area contributed by atoms with Crippen LogP contribution in [-0.2, 0) is 19.1 Å². The Morgan fingerprint density at radius 1 is 1.31 bits per heavy atom. The van der Waals surface area contributed by atoms with Crippen LogP contribution in [0.25, 0.3) is 5.76 Å². The molecule has 1 N–H and O–H groups in total. The van der Waals surface area contributed by atoms with Gasteiger partial charge in [0.05, 0.1) is 19.3 Å². The standard InChI is InChI=1S/C19H19N3O6S/c1-19(2)27-8-12(28-19)14-13(15(23)10-4-6-11(26-3)7-5-10)16(24)17(25)22(14)18-21-20-9-29-18/h4-7,9,12,14,23H,8H2,1-3H3/b15-13+. The van der Waals surface area contributed by atoms with E-state index in [1.807, 2.05) is 0 Å². The van der Waals surface area contributed by atoms with E-state index in [1.54, 1.807) is 38.1 Å². The molecule has 0 saturated carbocycles. The third-order valence-corrected chi connectivity index (χ3v) is 5.48. The number of methoxy groups -OCH3 is 1. The van der Waals surface area contributed by atoms with Crippen LogP contribution >= 0.6 is 11.3 Å². The van der Waals surface area contributed by atoms with Crippen LogP contribution in [0.2, 0.25) is 0 Å². The number of ether oxygens (including phenoxy) is 3. The number of hydrogen-bond acceptors (Lipinski definition) is 9. The fourth-order valence-corrected chi connectivity index (χ4v) is 4.06. The lowest BCUT2D eigenvalue weighted by Gasteiger charge is -2.27. The van der Waals surface area contributed by atoms with Crippen molar-refractivity contribution in [2.45, 2.75) is 31.8 Å². The first kappa shape index (κ1) is 19.5. The predicted molar refractivity (Wildman–Crippen MR) is 104 cm³/mol. The van der Waals surface area contributed by atoms with Gasteiger partial charge >= 0.3 is 5.91 Å². The van der Waals surface area contributed by atoms with Crippen LogP contribution in [0.15, 0.2) is 35.3 Å². The van der Waals surface area contributed by atoms with Gasteiger partial charge in [0.25, 0.3) is 5.78 Å². The summed E-state index contributed by atoms with van der Waals surface area (Å²) in [7, 11) is 1.53. The minimum Gasteiger partial charge on any atom is -0.507 e. The molecule has 152 valence electrons. The number of aliphatic hydroxyl groups is 1. The molecule has 0 bridgehead atoms. The predicted octanol–water partition coefficient (Wildman–Crippen LogP) is 1.95. The molecule has 3 heterocycles. The topological polar surface area (TPSA) is 111 Å². The number of Topliss-reactive ketones (excluding diaryl/α,β-unsaturated/α-hetero) is 1. The quantitative estimate of drug-likeness (QED) is 0.457. The van der Waals surface area contributed by atoms with E-state index in [4.69, 9.17) is 14.2 Å². The minimum atomic E-state index is -0.896. The first-order valence-corrected chi connectivity index (χ1v) is 9.74. The first-order valence-electron chi connectivity index (χ1n) is 8.86. The summed E-state index contributed by atoms with van der Waals surface area (Å²) in [5, 5.41) is 18.9. The van der Waals surface area contributed by atoms with E-state index in [9.17, 15) is 14.7 Å². The Balaban J connectivity index is 1.83. The molecule has 2 aromatic rings. The largest absolute Gasteiger partial charge is 0.507 e. The Morgan fingerprint density at radius 3 is 2.59 bits per heavy atom. The second-order valence-electron chi connectivity index (χ2n) is 7.03. The highest BCUT2D eigenvalue weighted by molar-refractivity contribution is 7.13. The van der Waals surface area contributed by atoms with Crippen molar-refractivity contribution in [3.63, 3.8) is 0 Å². The number of amides is 1. The number of rotatable bonds is 4. The van der Waals surface area contributed by atoms with Crippen molar-refractivity contribution in [2.75, 3.05) is 18.6 Å². The lowest BCUT2D eigenvalue weighted by molar-refractivity contribution is -0.140. The third-order valence-electron chi connectivity index (χ3n) is 4.79. The maximum absolute atomic E-state index is 12.9. The Morgan fingerprint density at radius 2 is 2.03 bits per heavy atom. The SMILES string of the molecule is COc1ccc(/C(O)=C2\C(=O)C(=O)N(c3nncs3)C2C2COC(C)(C)O2)cc1. The van der Waals surface area contributed by atoms with Gasteiger partial charge in [0.2, 0.25) is 5.13 Å². The van der Waals surface area contributed by atoms with Crippen molar-refractivity contribution in [3.8, 4) is 5.75 Å². The number of aliphatic hydroxyl groups excluding tert-OH is 1. The van der Waals surface area contributed by atoms with Gasteiger partial charge in [0.15, 0.2) is 5.79 Å². The molecule has 2 unspecified atom stereocenters. The average Bonchev–Trinajstić information content (AvgIpc) is 3.41. The van der Waals surface area contributed by atoms with Crippen molar-refractivity contribution in [3.05, 3.63) is 40.9 Å². The maximum atomic E-state index is 12.9. The van der Waals surface area contributed by atoms with Crippen LogP contribution in [-0.4, -0.2) is 58.6 Å². The summed E-state index contributed by atoms with van der Waals surface area (Å²) in [6, 6.07) is 5.64. The van der Waals surface area contributed by atoms with Gasteiger partial charge in [-0.3, -0.25) is 14.5 Å². The molecule has 1 aromatic carbocycles. The van der Waals surface area contributed by atoms with Gasteiger partial charge in [-0.1, -0.05) is 11.3 Å². The number of carbonyl (C=O) groups excluding carboxylic acids is 2. The van der Waals surface area contributed by atoms with Crippen LogP contribution in [0.1, 0.15) is 19.4 Å². The molecule has 4 rings (SSSR count). The highest BCUT2D eigenvalue weighted by Gasteiger charge is 2.54. The zero-order chi connectivity index (χ0) is 20.8. The molecule has 2 atom stereocenters. The van der Waals surface area contributed by atoms with Crippen molar-refractivity contribution in [2.24, 2.45) is 0 Å². The third kappa shape index (κ3) is 3.39. The first-order chi connectivity index (χ1) is 13.8. The minimum absolute atomic E-state index is 0.0540. The van der Waals surface area contributed by atoms with E-state index in [-0.39, 0.29) is 23.1 Å². The molecular formula is C19H19N3O6S. The van der Waals surface area contributed by atoms with Gasteiger partial charge in [0, 0.05) is 5.56 Å². The van der Waals surface area contributed by atoms with Crippen LogP contribution < -0.4 is 9.64 Å². The number of ketones is 1. The summed E-state index contributed by atoms with van der Waals surface area (Å²) < 4.78 is 16.7. The second-order valence-corrected chi connectivity index (χ2v) is 7.84. The van der Waals surface area contributed by atoms with E-state index in [0.717, 1.165) is 11.3 Å². The lowest BCUT2D eigenvalue weighted by atomic mass is 9.97. The Kier molecular flexibility index (Phi) is 4.85. The van der Waals surface area contributed by atoms with Gasteiger partial charge < -0.3 is 19.3 Å². The van der Waals surface area contributed by atoms with Crippen LogP contribution in [0.3, 0.4) is 0 Å². The van der Waals surface area contributed by atoms with E-state index < -0.39 is 29.6 Å². The highest BCUT2D eigenvalue weighted by atomic mass is 32.1. The Labute approximate surface area is 170 Å². The average molecular weight is 417 g/mol. The number of carbonyl (C=O) groups is 2. The highest BCUT2D eigenvalue weighted by Crippen LogP contribution is 2.39. The number of benzene rings is 1. The molecule has 29 heavy (non-hydrogen) atoms. The smallest absolute Gasteiger partial charge is 0.301 e. The maximum Gasteiger partial charge on any atom is 0.301 e. The molecule has 0 aliphatic carbocycles. The fourth-order valence-electron chi connectivity index (χ4n) is 3.47. The van der Waals surface area contributed by atoms with Gasteiger partial charge in [-0.05, 0) is 38.1 Å². The summed E-state index contributed by atoms with van der Waals surface area (Å²) in [6.45, 7) is 3.63. The summed E-state index contributed by atoms with van der Waals surface area (Å²) in [5.74, 6) is -2.19. The zero-order valence-corrected chi connectivity index (χ0v) is 16.8. The normalized spacial score (nSPS) is 25.6. The second kappa shape index (κ2) is 7.21. The Hall–Kier alpha value is -2.82. The zero-order valence-electron chi connectivity index (χ0n) is 16.0. The number of aromatic nitrogens is 2. The van der Waals surface area contributed by atoms with Gasteiger partial charge in [-0.25, -0.2) is 0 Å². The van der Waals surface area contributed by atoms with E-state index in [2.05, 4.69) is 10.2 Å². The summed E-state index contributed by atoms with van der Waals surface area (Å²) in [6.07, 6.45) is -0.667. The number of nitrogens with zero attached hydrogens (tertiary/aromatic N) is 3. The molecule has 9 nitrogen and oxygen atoms in total. The van der Waals surface area contributed by atoms with E-state index >= 15 is 0 Å². The summed E-state index contributed by atoms with van der Waals surface area (Å²) in [4.78, 5) is 27.0. The molecule has 2 aliphatic heterocycles. The molecule has 2 fully saturated rings. The molecule has 1 amide bonds.